The Morgan fingerprint density at radius 1 is 0.491 bits per heavy atom. The summed E-state index contributed by atoms with van der Waals surface area (Å²) in [7, 11) is -6.76. The number of hydrogen-bond acceptors (Lipinski definition) is 1. The van der Waals surface area contributed by atoms with E-state index in [1.54, 1.807) is 0 Å². The zero-order valence-electron chi connectivity index (χ0n) is 29.4. The van der Waals surface area contributed by atoms with Crippen LogP contribution in [0.3, 0.4) is 0 Å². The summed E-state index contributed by atoms with van der Waals surface area (Å²) in [4.78, 5) is 0. The first-order valence-electron chi connectivity index (χ1n) is 17.4. The second-order valence-corrected chi connectivity index (χ2v) is 30.5. The van der Waals surface area contributed by atoms with Crippen LogP contribution < -0.4 is 31.8 Å². The quantitative estimate of drug-likeness (QED) is 0.0849. The summed E-state index contributed by atoms with van der Waals surface area (Å²) in [6.07, 6.45) is 2.82. The van der Waals surface area contributed by atoms with Crippen molar-refractivity contribution in [3.8, 4) is 0 Å². The minimum atomic E-state index is -11.1. The molecule has 6 aromatic rings. The molecule has 0 N–H and O–H groups in total. The van der Waals surface area contributed by atoms with E-state index >= 15 is 4.57 Å². The molecule has 1 fully saturated rings. The molecule has 1 heterocycles. The van der Waals surface area contributed by atoms with Gasteiger partial charge in [-0.15, -0.1) is 0 Å². The molecule has 0 atom stereocenters. The van der Waals surface area contributed by atoms with Crippen LogP contribution in [0.15, 0.2) is 182 Å². The standard InChI is InChI=1S/C41H41BOP3.AsF6/c1-41(34-46(43,39-28-16-6-17-29-39)40-30-18-7-19-31-40)32-44(35-20-8-2-9-21-35,36-22-10-3-11-23-36)42-45(33-41,37-24-12-4-13-25-37)38-26-14-5-15-27-38;2-1(3,4,5,6)7/h2-31H,32-34,42H2,1H3;/q+1;-1. The van der Waals surface area contributed by atoms with E-state index in [0.717, 1.165) is 22.9 Å². The van der Waals surface area contributed by atoms with Gasteiger partial charge in [-0.05, 0) is 62.8 Å². The van der Waals surface area contributed by atoms with Crippen LogP contribution in [0.1, 0.15) is 6.92 Å². The van der Waals surface area contributed by atoms with E-state index in [1.165, 1.54) is 21.2 Å². The predicted molar refractivity (Wildman–Crippen MR) is 222 cm³/mol. The topological polar surface area (TPSA) is 17.1 Å². The summed E-state index contributed by atoms with van der Waals surface area (Å²) in [6, 6.07) is 66.5. The first-order chi connectivity index (χ1) is 24.9. The van der Waals surface area contributed by atoms with Crippen molar-refractivity contribution in [1.82, 2.24) is 0 Å². The van der Waals surface area contributed by atoms with Crippen LogP contribution in [0, 0.1) is 5.41 Å². The van der Waals surface area contributed by atoms with Crippen LogP contribution in [-0.4, -0.2) is 39.4 Å². The van der Waals surface area contributed by atoms with Crippen LogP contribution in [0.5, 0.6) is 0 Å². The van der Waals surface area contributed by atoms with Crippen molar-refractivity contribution in [1.29, 1.82) is 0 Å². The van der Waals surface area contributed by atoms with Gasteiger partial charge in [-0.2, -0.15) is 0 Å². The van der Waals surface area contributed by atoms with E-state index in [4.69, 9.17) is 0 Å². The molecule has 1 nitrogen and oxygen atoms in total. The van der Waals surface area contributed by atoms with Gasteiger partial charge in [0.05, 0.1) is 21.2 Å². The van der Waals surface area contributed by atoms with E-state index in [0.29, 0.717) is 6.16 Å². The third-order valence-corrected chi connectivity index (χ3v) is 27.8. The van der Waals surface area contributed by atoms with Crippen LogP contribution >= 0.6 is 21.4 Å². The fourth-order valence-electron chi connectivity index (χ4n) is 8.76. The SMILES string of the molecule is CC1(CP(=O)(c2ccccc2)c2ccccc2)C[P+](c2ccccc2)(c2ccccc2)[BH2-][P+](c2ccccc2)(c2ccccc2)C1.F[As-](F)(F)(F)(F)F. The van der Waals surface area contributed by atoms with Gasteiger partial charge in [0.15, 0.2) is 0 Å². The summed E-state index contributed by atoms with van der Waals surface area (Å²) >= 11 is -11.1. The maximum absolute atomic E-state index is 15.9. The summed E-state index contributed by atoms with van der Waals surface area (Å²) in [6.45, 7) is 1.91. The summed E-state index contributed by atoms with van der Waals surface area (Å²) < 4.78 is 75.3. The maximum atomic E-state index is 15.9. The molecule has 0 radical (unpaired) electrons. The average Bonchev–Trinajstić information content (AvgIpc) is 3.15. The second kappa shape index (κ2) is 14.4. The molecule has 53 heavy (non-hydrogen) atoms. The third-order valence-electron chi connectivity index (χ3n) is 10.3. The molecule has 12 heteroatoms. The van der Waals surface area contributed by atoms with Crippen molar-refractivity contribution >= 4 is 74.1 Å². The Morgan fingerprint density at radius 3 is 0.962 bits per heavy atom. The van der Waals surface area contributed by atoms with E-state index in [2.05, 4.69) is 177 Å². The van der Waals surface area contributed by atoms with Crippen molar-refractivity contribution in [2.75, 3.05) is 18.5 Å². The predicted octanol–water partition coefficient (Wildman–Crippen LogP) is 9.50. The first-order valence-corrected chi connectivity index (χ1v) is 28.4. The molecule has 0 saturated carbocycles. The summed E-state index contributed by atoms with van der Waals surface area (Å²) in [5, 5.41) is 7.98. The average molecular weight is 842 g/mol. The van der Waals surface area contributed by atoms with Crippen LogP contribution in [0.4, 0.5) is 20.8 Å². The molecule has 1 saturated heterocycles. The number of hydrogen-bond donors (Lipinski definition) is 0. The number of rotatable bonds is 8. The molecule has 0 spiro atoms. The number of halogens is 6. The minimum absolute atomic E-state index is 0.179. The summed E-state index contributed by atoms with van der Waals surface area (Å²) in [5.74, 6) is 0. The van der Waals surface area contributed by atoms with Crippen LogP contribution in [0.2, 0.25) is 0 Å². The zero-order valence-corrected chi connectivity index (χ0v) is 34.0. The zero-order chi connectivity index (χ0) is 37.9. The fourth-order valence-corrected chi connectivity index (χ4v) is 30.2. The van der Waals surface area contributed by atoms with E-state index < -0.39 is 42.3 Å². The summed E-state index contributed by atoms with van der Waals surface area (Å²) in [5.41, 5.74) is -0.179. The Hall–Kier alpha value is -3.39. The third kappa shape index (κ3) is 9.65. The van der Waals surface area contributed by atoms with E-state index in [1.807, 2.05) is 12.1 Å². The normalized spacial score (nSPS) is 17.6. The first kappa shape index (κ1) is 39.3. The van der Waals surface area contributed by atoms with Gasteiger partial charge in [-0.25, -0.2) is 0 Å². The van der Waals surface area contributed by atoms with Crippen LogP contribution in [0.25, 0.3) is 0 Å². The molecule has 0 amide bonds. The molecular weight excluding hydrogens is 801 g/mol. The molecule has 1 aliphatic heterocycles. The molecule has 0 aliphatic carbocycles. The Balaban J connectivity index is 0.000000626. The number of benzene rings is 6. The van der Waals surface area contributed by atoms with Gasteiger partial charge in [0.25, 0.3) is 0 Å². The molecule has 0 unspecified atom stereocenters. The molecule has 6 aromatic carbocycles. The van der Waals surface area contributed by atoms with E-state index in [-0.39, 0.29) is 5.41 Å². The Morgan fingerprint density at radius 2 is 0.717 bits per heavy atom. The van der Waals surface area contributed by atoms with Gasteiger partial charge in [0.2, 0.25) is 0 Å². The van der Waals surface area contributed by atoms with Crippen molar-refractivity contribution in [3.05, 3.63) is 182 Å². The molecule has 7 rings (SSSR count). The van der Waals surface area contributed by atoms with Gasteiger partial charge in [-0.1, -0.05) is 140 Å². The van der Waals surface area contributed by atoms with Gasteiger partial charge in [0, 0.05) is 34.5 Å². The molecule has 276 valence electrons. The second-order valence-electron chi connectivity index (χ2n) is 14.6. The molecule has 0 bridgehead atoms. The van der Waals surface area contributed by atoms with Crippen molar-refractivity contribution in [2.45, 2.75) is 6.92 Å². The van der Waals surface area contributed by atoms with Crippen LogP contribution in [-0.2, 0) is 4.57 Å². The Bertz CT molecular complexity index is 1940. The van der Waals surface area contributed by atoms with Crippen molar-refractivity contribution in [3.63, 3.8) is 0 Å². The van der Waals surface area contributed by atoms with Crippen molar-refractivity contribution < 1.29 is 25.4 Å². The van der Waals surface area contributed by atoms with Gasteiger partial charge >= 0.3 is 41.7 Å². The van der Waals surface area contributed by atoms with Gasteiger partial charge < -0.3 is 4.57 Å². The molecule has 0 aromatic heterocycles. The molecular formula is C41H41AsBF6OP3. The van der Waals surface area contributed by atoms with Gasteiger partial charge in [-0.3, -0.25) is 0 Å². The van der Waals surface area contributed by atoms with E-state index in [9.17, 15) is 20.8 Å². The van der Waals surface area contributed by atoms with Gasteiger partial charge in [0.1, 0.15) is 7.14 Å². The Labute approximate surface area is 310 Å². The fraction of sp³-hybridized carbons (Fsp3) is 0.122. The molecule has 1 aliphatic rings. The van der Waals surface area contributed by atoms with Crippen molar-refractivity contribution in [2.24, 2.45) is 5.41 Å². The monoisotopic (exact) mass is 842 g/mol. The Kier molecular flexibility index (Phi) is 10.6.